The molecular formula is C71H77FN4O6S2. The first-order chi connectivity index (χ1) is 40.8. The van der Waals surface area contributed by atoms with Crippen LogP contribution in [0.3, 0.4) is 0 Å². The van der Waals surface area contributed by atoms with Crippen LogP contribution in [0, 0.1) is 11.8 Å². The first-order valence-corrected chi connectivity index (χ1v) is 29.8. The van der Waals surface area contributed by atoms with Crippen molar-refractivity contribution >= 4 is 53.0 Å². The Kier molecular flexibility index (Phi) is 24.3. The van der Waals surface area contributed by atoms with Crippen molar-refractivity contribution in [2.24, 2.45) is 29.0 Å². The van der Waals surface area contributed by atoms with Crippen molar-refractivity contribution in [2.75, 3.05) is 25.3 Å². The van der Waals surface area contributed by atoms with Crippen LogP contribution in [0.15, 0.2) is 231 Å². The first kappa shape index (κ1) is 63.5. The standard InChI is InChI=1S/C42H40N2O4S.C27H30N2O2S.CH3F.CH4/c1-2-38(44-41(47)48-27-37-35-24-14-12-22-33(35)34-23-13-15-25-36(34)37)39(45)26-29(40(43)46)28-49-42(30-16-6-3-7-17-30,31-18-8-4-9-19-31)32-20-10-5-11-21-32;1-2-24(28)25(30)18-20(26(29)31)19-32-27(21-12-6-3-7-13-21,22-14-8-4-9-15-22)23-16-10-5-11-17-23;1-2;/h3-25,29,37-38H,2,26-28H2,1H3,(H2,43,46)(H,44,47);3-17,20,24H,2,18-19,28H2,1H3,(H2,29,31);1H3;1H4/t29-,38-;20-,24+;;/m00../s1/i;;1D;. The average molecular weight is 1170 g/mol. The van der Waals surface area contributed by atoms with Crippen molar-refractivity contribution in [3.8, 4) is 11.1 Å². The Balaban J connectivity index is 0.000000278. The van der Waals surface area contributed by atoms with Gasteiger partial charge in [0, 0.05) is 30.3 Å². The van der Waals surface area contributed by atoms with E-state index in [1.165, 1.54) is 0 Å². The zero-order valence-electron chi connectivity index (χ0n) is 47.9. The summed E-state index contributed by atoms with van der Waals surface area (Å²) < 4.78 is 20.0. The maximum atomic E-state index is 13.7. The molecule has 0 radical (unpaired) electrons. The van der Waals surface area contributed by atoms with Gasteiger partial charge >= 0.3 is 6.09 Å². The SMILES string of the molecule is C.CC[C@@H](N)C(=O)C[C@@H](CSC(c1ccccc1)(c1ccccc1)c1ccccc1)C(N)=O.CC[C@H](NC(=O)OCC1c2ccccc2-c2ccccc21)C(=O)C[C@@H](CSC(c1ccccc1)(c1ccccc1)c1ccccc1)C(N)=O.[2H]CF. The second kappa shape index (κ2) is 32.1. The van der Waals surface area contributed by atoms with Crippen LogP contribution in [0.1, 0.15) is 98.8 Å². The lowest BCUT2D eigenvalue weighted by molar-refractivity contribution is -0.127. The molecule has 0 heterocycles. The number of ketones is 2. The predicted molar refractivity (Wildman–Crippen MR) is 342 cm³/mol. The fourth-order valence-electron chi connectivity index (χ4n) is 10.7. The summed E-state index contributed by atoms with van der Waals surface area (Å²) in [6, 6.07) is 76.1. The number of fused-ring (bicyclic) bond motifs is 3. The molecule has 9 rings (SSSR count). The maximum Gasteiger partial charge on any atom is 0.407 e. The Morgan fingerprint density at radius 2 is 0.810 bits per heavy atom. The van der Waals surface area contributed by atoms with Gasteiger partial charge in [-0.3, -0.25) is 23.6 Å². The van der Waals surface area contributed by atoms with Crippen LogP contribution in [0.5, 0.6) is 0 Å². The quantitative estimate of drug-likeness (QED) is 0.0404. The van der Waals surface area contributed by atoms with E-state index in [1.54, 1.807) is 23.5 Å². The van der Waals surface area contributed by atoms with Gasteiger partial charge in [0.1, 0.15) is 12.4 Å². The minimum absolute atomic E-state index is 0. The number of hydrogen-bond donors (Lipinski definition) is 4. The van der Waals surface area contributed by atoms with E-state index in [0.29, 0.717) is 24.3 Å². The first-order valence-electron chi connectivity index (χ1n) is 28.5. The third-order valence-electron chi connectivity index (χ3n) is 15.1. The largest absolute Gasteiger partial charge is 0.449 e. The Hall–Kier alpha value is -8.10. The van der Waals surface area contributed by atoms with Gasteiger partial charge in [0.15, 0.2) is 5.78 Å². The van der Waals surface area contributed by atoms with Gasteiger partial charge in [-0.2, -0.15) is 0 Å². The average Bonchev–Trinajstić information content (AvgIpc) is 2.11. The maximum absolute atomic E-state index is 13.7. The summed E-state index contributed by atoms with van der Waals surface area (Å²) in [7, 11) is -1.00. The number of amides is 3. The summed E-state index contributed by atoms with van der Waals surface area (Å²) in [4.78, 5) is 64.4. The Morgan fingerprint density at radius 3 is 1.11 bits per heavy atom. The molecule has 7 N–H and O–H groups in total. The molecule has 8 aromatic carbocycles. The number of ether oxygens (including phenoxy) is 1. The minimum atomic E-state index is -1.00. The van der Waals surface area contributed by atoms with Gasteiger partial charge in [0.05, 0.1) is 41.9 Å². The van der Waals surface area contributed by atoms with Crippen molar-refractivity contribution in [2.45, 2.75) is 74.5 Å². The topological polar surface area (TPSA) is 185 Å². The number of rotatable bonds is 25. The van der Waals surface area contributed by atoms with Gasteiger partial charge in [0.2, 0.25) is 11.8 Å². The van der Waals surface area contributed by atoms with Gasteiger partial charge in [-0.15, -0.1) is 23.5 Å². The monoisotopic (exact) mass is 1170 g/mol. The molecule has 1 aliphatic rings. The molecule has 10 nitrogen and oxygen atoms in total. The van der Waals surface area contributed by atoms with Crippen LogP contribution < -0.4 is 22.5 Å². The highest BCUT2D eigenvalue weighted by atomic mass is 32.2. The van der Waals surface area contributed by atoms with Crippen LogP contribution in [-0.2, 0) is 33.4 Å². The second-order valence-corrected chi connectivity index (χ2v) is 22.6. The van der Waals surface area contributed by atoms with Crippen molar-refractivity contribution in [3.05, 3.63) is 275 Å². The molecule has 0 aromatic heterocycles. The Morgan fingerprint density at radius 1 is 0.512 bits per heavy atom. The number of nitrogens with two attached hydrogens (primary N) is 3. The Bertz CT molecular complexity index is 3130. The highest BCUT2D eigenvalue weighted by Gasteiger charge is 2.41. The lowest BCUT2D eigenvalue weighted by atomic mass is 9.84. The molecule has 84 heavy (non-hydrogen) atoms. The second-order valence-electron chi connectivity index (χ2n) is 20.2. The number of alkyl carbamates (subject to hydrolysis) is 1. The number of nitrogens with one attached hydrogen (secondary N) is 1. The molecule has 0 spiro atoms. The number of carbonyl (C=O) groups is 5. The molecule has 3 amide bonds. The van der Waals surface area contributed by atoms with E-state index < -0.39 is 58.5 Å². The van der Waals surface area contributed by atoms with Crippen LogP contribution in [-0.4, -0.2) is 66.8 Å². The van der Waals surface area contributed by atoms with Crippen LogP contribution in [0.4, 0.5) is 9.18 Å². The molecule has 0 aliphatic heterocycles. The van der Waals surface area contributed by atoms with Crippen LogP contribution in [0.2, 0.25) is 0 Å². The number of halogens is 1. The smallest absolute Gasteiger partial charge is 0.407 e. The fourth-order valence-corrected chi connectivity index (χ4v) is 14.0. The minimum Gasteiger partial charge on any atom is -0.449 e. The molecule has 4 atom stereocenters. The van der Waals surface area contributed by atoms with Gasteiger partial charge in [-0.25, -0.2) is 4.79 Å². The van der Waals surface area contributed by atoms with Gasteiger partial charge in [0.25, 0.3) is 0 Å². The zero-order chi connectivity index (χ0) is 59.9. The molecular weight excluding hydrogens is 1090 g/mol. The summed E-state index contributed by atoms with van der Waals surface area (Å²) in [5, 5.41) is 2.76. The number of Topliss-reactive ketones (excluding diaryl/α,β-unsaturated/α-hetero) is 2. The molecule has 0 saturated heterocycles. The van der Waals surface area contributed by atoms with Crippen LogP contribution in [0.25, 0.3) is 11.1 Å². The van der Waals surface area contributed by atoms with E-state index in [4.69, 9.17) is 23.3 Å². The predicted octanol–water partition coefficient (Wildman–Crippen LogP) is 13.8. The molecule has 0 fully saturated rings. The molecule has 8 aromatic rings. The van der Waals surface area contributed by atoms with E-state index in [1.807, 2.05) is 147 Å². The van der Waals surface area contributed by atoms with Crippen molar-refractivity contribution < 1.29 is 34.5 Å². The van der Waals surface area contributed by atoms with E-state index in [2.05, 4.69) is 102 Å². The van der Waals surface area contributed by atoms with Crippen molar-refractivity contribution in [1.29, 1.82) is 0 Å². The number of alkyl halides is 1. The van der Waals surface area contributed by atoms with E-state index in [0.717, 1.165) is 55.6 Å². The number of carbonyl (C=O) groups excluding carboxylic acids is 5. The van der Waals surface area contributed by atoms with Gasteiger partial charge in [-0.05, 0) is 68.5 Å². The van der Waals surface area contributed by atoms with Gasteiger partial charge < -0.3 is 27.3 Å². The molecule has 0 bridgehead atoms. The third-order valence-corrected chi connectivity index (χ3v) is 18.5. The van der Waals surface area contributed by atoms with Gasteiger partial charge in [-0.1, -0.05) is 252 Å². The normalized spacial score (nSPS) is 13.2. The summed E-state index contributed by atoms with van der Waals surface area (Å²) in [5.74, 6) is -2.17. The highest BCUT2D eigenvalue weighted by Crippen LogP contribution is 2.51. The highest BCUT2D eigenvalue weighted by molar-refractivity contribution is 8.00. The van der Waals surface area contributed by atoms with Crippen molar-refractivity contribution in [1.82, 2.24) is 5.32 Å². The summed E-state index contributed by atoms with van der Waals surface area (Å²) >= 11 is 3.22. The lowest BCUT2D eigenvalue weighted by Crippen LogP contribution is -2.43. The third kappa shape index (κ3) is 15.6. The molecule has 13 heteroatoms. The molecule has 0 saturated carbocycles. The van der Waals surface area contributed by atoms with E-state index in [9.17, 15) is 28.4 Å². The molecule has 0 unspecified atom stereocenters. The number of primary amides is 2. The zero-order valence-corrected chi connectivity index (χ0v) is 48.5. The Labute approximate surface area is 505 Å². The van der Waals surface area contributed by atoms with Crippen molar-refractivity contribution in [3.63, 3.8) is 0 Å². The fraction of sp³-hybridized carbons (Fsp3) is 0.254. The summed E-state index contributed by atoms with van der Waals surface area (Å²) in [6.07, 6.45) is 0.191. The van der Waals surface area contributed by atoms with Crippen LogP contribution >= 0.6 is 23.5 Å². The summed E-state index contributed by atoms with van der Waals surface area (Å²) in [6.45, 7) is 3.83. The van der Waals surface area contributed by atoms with E-state index >= 15 is 0 Å². The number of hydrogen-bond acceptors (Lipinski definition) is 9. The molecule has 1 aliphatic carbocycles. The number of benzene rings is 8. The van der Waals surface area contributed by atoms with E-state index in [-0.39, 0.29) is 44.4 Å². The lowest BCUT2D eigenvalue weighted by Gasteiger charge is -2.36. The number of thioether (sulfide) groups is 2. The molecule has 436 valence electrons. The summed E-state index contributed by atoms with van der Waals surface area (Å²) in [5.41, 5.74) is 28.5.